The Hall–Kier alpha value is -2.18. The maximum absolute atomic E-state index is 9.55. The third kappa shape index (κ3) is 4.91. The van der Waals surface area contributed by atoms with Crippen molar-refractivity contribution in [3.63, 3.8) is 0 Å². The van der Waals surface area contributed by atoms with Gasteiger partial charge in [-0.25, -0.2) is 14.6 Å². The average molecular weight is 337 g/mol. The molecule has 0 bridgehead atoms. The minimum atomic E-state index is -1.26. The Kier molecular flexibility index (Phi) is 5.90. The van der Waals surface area contributed by atoms with Crippen LogP contribution in [0.5, 0.6) is 0 Å². The zero-order valence-electron chi connectivity index (χ0n) is 12.3. The molecular weight excluding hydrogens is 320 g/mol. The number of aromatic nitrogens is 1. The second-order valence-electron chi connectivity index (χ2n) is 5.30. The molecule has 1 aromatic heterocycles. The fourth-order valence-corrected chi connectivity index (χ4v) is 2.91. The number of nitrogens with one attached hydrogen (secondary N) is 1. The van der Waals surface area contributed by atoms with Crippen LogP contribution in [0.25, 0.3) is 5.57 Å². The summed E-state index contributed by atoms with van der Waals surface area (Å²) in [6, 6.07) is 3.94. The van der Waals surface area contributed by atoms with E-state index in [2.05, 4.69) is 22.4 Å². The van der Waals surface area contributed by atoms with Crippen molar-refractivity contribution in [3.8, 4) is 0 Å². The van der Waals surface area contributed by atoms with E-state index in [4.69, 9.17) is 21.8 Å². The Labute approximate surface area is 138 Å². The normalized spacial score (nSPS) is 22.2. The highest BCUT2D eigenvalue weighted by Crippen LogP contribution is 2.39. The molecule has 0 spiro atoms. The first-order valence-corrected chi connectivity index (χ1v) is 7.52. The van der Waals surface area contributed by atoms with Crippen molar-refractivity contribution in [2.24, 2.45) is 11.8 Å². The van der Waals surface area contributed by atoms with Crippen LogP contribution in [-0.2, 0) is 9.59 Å². The number of carboxylic acid groups (broad SMARTS) is 2. The zero-order chi connectivity index (χ0) is 16.8. The molecule has 3 rings (SSSR count). The molecule has 1 fully saturated rings. The number of hydrogen-bond acceptors (Lipinski definition) is 4. The van der Waals surface area contributed by atoms with Crippen LogP contribution in [-0.4, -0.2) is 40.2 Å². The molecule has 0 saturated carbocycles. The minimum absolute atomic E-state index is 0.558. The van der Waals surface area contributed by atoms with E-state index in [0.29, 0.717) is 23.2 Å². The Morgan fingerprint density at radius 1 is 1.22 bits per heavy atom. The van der Waals surface area contributed by atoms with Crippen molar-refractivity contribution in [3.05, 3.63) is 47.3 Å². The molecule has 0 radical (unpaired) electrons. The molecule has 1 aliphatic carbocycles. The molecule has 7 heteroatoms. The first-order chi connectivity index (χ1) is 11.0. The molecule has 122 valence electrons. The van der Waals surface area contributed by atoms with Gasteiger partial charge in [-0.15, -0.1) is 0 Å². The van der Waals surface area contributed by atoms with E-state index < -0.39 is 11.9 Å². The van der Waals surface area contributed by atoms with Crippen LogP contribution in [0.1, 0.15) is 12.0 Å². The first-order valence-electron chi connectivity index (χ1n) is 7.14. The fourth-order valence-electron chi connectivity index (χ4n) is 2.80. The third-order valence-electron chi connectivity index (χ3n) is 3.81. The van der Waals surface area contributed by atoms with Crippen LogP contribution in [0.4, 0.5) is 0 Å². The van der Waals surface area contributed by atoms with Crippen LogP contribution in [0.2, 0.25) is 5.15 Å². The summed E-state index contributed by atoms with van der Waals surface area (Å²) in [6.07, 6.45) is 6.57. The fraction of sp³-hybridized carbons (Fsp3) is 0.312. The summed E-state index contributed by atoms with van der Waals surface area (Å²) in [4.78, 5) is 23.2. The van der Waals surface area contributed by atoms with Gasteiger partial charge < -0.3 is 15.5 Å². The maximum atomic E-state index is 9.55. The van der Waals surface area contributed by atoms with Gasteiger partial charge in [-0.05, 0) is 36.1 Å². The Bertz CT molecular complexity index is 624. The summed E-state index contributed by atoms with van der Waals surface area (Å²) in [5.74, 6) is -1.02. The van der Waals surface area contributed by atoms with Gasteiger partial charge in [0.25, 0.3) is 0 Å². The lowest BCUT2D eigenvalue weighted by Crippen LogP contribution is -2.09. The lowest BCUT2D eigenvalue weighted by Gasteiger charge is -2.12. The van der Waals surface area contributed by atoms with E-state index in [-0.39, 0.29) is 0 Å². The second-order valence-corrected chi connectivity index (χ2v) is 5.69. The predicted octanol–water partition coefficient (Wildman–Crippen LogP) is 2.07. The highest BCUT2D eigenvalue weighted by molar-refractivity contribution is 6.29. The van der Waals surface area contributed by atoms with E-state index in [1.165, 1.54) is 17.6 Å². The molecule has 2 heterocycles. The number of allylic oxidation sites excluding steroid dienone is 1. The van der Waals surface area contributed by atoms with Crippen molar-refractivity contribution >= 4 is 29.1 Å². The molecule has 1 aromatic rings. The standard InChI is InChI=1S/C12H13ClN2.C4H4O4/c13-12-4-2-9(6-15-12)10-3-1-8-5-14-7-11(8)10;5-3(6)1-2-4(7)8/h2-4,6,8,11,14H,1,5,7H2;1-2H,(H,5,6)(H,7,8). The van der Waals surface area contributed by atoms with Gasteiger partial charge in [0.15, 0.2) is 0 Å². The number of halogens is 1. The topological polar surface area (TPSA) is 99.5 Å². The summed E-state index contributed by atoms with van der Waals surface area (Å²) in [6.45, 7) is 2.27. The van der Waals surface area contributed by atoms with Crippen molar-refractivity contribution in [1.29, 1.82) is 0 Å². The molecule has 1 saturated heterocycles. The molecule has 0 aromatic carbocycles. The number of nitrogens with zero attached hydrogens (tertiary/aromatic N) is 1. The summed E-state index contributed by atoms with van der Waals surface area (Å²) in [7, 11) is 0. The molecule has 2 unspecified atom stereocenters. The van der Waals surface area contributed by atoms with Gasteiger partial charge >= 0.3 is 11.9 Å². The summed E-state index contributed by atoms with van der Waals surface area (Å²) >= 11 is 5.79. The van der Waals surface area contributed by atoms with Crippen LogP contribution >= 0.6 is 11.6 Å². The lowest BCUT2D eigenvalue weighted by atomic mass is 9.91. The number of aliphatic carboxylic acids is 2. The number of pyridine rings is 1. The first kappa shape index (κ1) is 17.2. The van der Waals surface area contributed by atoms with Crippen molar-refractivity contribution in [2.45, 2.75) is 6.42 Å². The smallest absolute Gasteiger partial charge is 0.328 e. The predicted molar refractivity (Wildman–Crippen MR) is 86.1 cm³/mol. The molecule has 2 aliphatic rings. The largest absolute Gasteiger partial charge is 0.478 e. The summed E-state index contributed by atoms with van der Waals surface area (Å²) in [5, 5.41) is 19.6. The average Bonchev–Trinajstić information content (AvgIpc) is 3.10. The Balaban J connectivity index is 0.000000207. The number of fused-ring (bicyclic) bond motifs is 1. The zero-order valence-corrected chi connectivity index (χ0v) is 13.0. The highest BCUT2D eigenvalue weighted by atomic mass is 35.5. The molecular formula is C16H17ClN2O4. The van der Waals surface area contributed by atoms with Gasteiger partial charge in [0.2, 0.25) is 0 Å². The van der Waals surface area contributed by atoms with Crippen LogP contribution in [0, 0.1) is 11.8 Å². The van der Waals surface area contributed by atoms with Gasteiger partial charge in [0.1, 0.15) is 5.15 Å². The number of rotatable bonds is 3. The highest BCUT2D eigenvalue weighted by Gasteiger charge is 2.33. The molecule has 6 nitrogen and oxygen atoms in total. The molecule has 1 aliphatic heterocycles. The molecule has 3 N–H and O–H groups in total. The van der Waals surface area contributed by atoms with E-state index in [0.717, 1.165) is 19.0 Å². The molecule has 23 heavy (non-hydrogen) atoms. The number of hydrogen-bond donors (Lipinski definition) is 3. The molecule has 2 atom stereocenters. The quantitative estimate of drug-likeness (QED) is 0.577. The second kappa shape index (κ2) is 7.89. The number of carboxylic acids is 2. The summed E-state index contributed by atoms with van der Waals surface area (Å²) < 4.78 is 0. The van der Waals surface area contributed by atoms with Crippen molar-refractivity contribution in [1.82, 2.24) is 10.3 Å². The van der Waals surface area contributed by atoms with Crippen molar-refractivity contribution in [2.75, 3.05) is 13.1 Å². The van der Waals surface area contributed by atoms with E-state index in [1.54, 1.807) is 0 Å². The maximum Gasteiger partial charge on any atom is 0.328 e. The minimum Gasteiger partial charge on any atom is -0.478 e. The van der Waals surface area contributed by atoms with Gasteiger partial charge in [-0.3, -0.25) is 0 Å². The van der Waals surface area contributed by atoms with Crippen LogP contribution < -0.4 is 5.32 Å². The Morgan fingerprint density at radius 3 is 2.48 bits per heavy atom. The van der Waals surface area contributed by atoms with E-state index in [9.17, 15) is 9.59 Å². The SMILES string of the molecule is Clc1ccc(C2=CCC3CNCC23)cn1.O=C(O)C=CC(=O)O. The van der Waals surface area contributed by atoms with Crippen LogP contribution in [0.15, 0.2) is 36.6 Å². The van der Waals surface area contributed by atoms with E-state index in [1.807, 2.05) is 12.3 Å². The summed E-state index contributed by atoms with van der Waals surface area (Å²) in [5.41, 5.74) is 2.68. The van der Waals surface area contributed by atoms with E-state index >= 15 is 0 Å². The van der Waals surface area contributed by atoms with Gasteiger partial charge in [0, 0.05) is 30.8 Å². The van der Waals surface area contributed by atoms with Crippen molar-refractivity contribution < 1.29 is 19.8 Å². The van der Waals surface area contributed by atoms with Gasteiger partial charge in [0.05, 0.1) is 0 Å². The lowest BCUT2D eigenvalue weighted by molar-refractivity contribution is -0.134. The van der Waals surface area contributed by atoms with Crippen LogP contribution in [0.3, 0.4) is 0 Å². The van der Waals surface area contributed by atoms with Gasteiger partial charge in [-0.2, -0.15) is 0 Å². The van der Waals surface area contributed by atoms with Gasteiger partial charge in [-0.1, -0.05) is 23.7 Å². The molecule has 0 amide bonds. The third-order valence-corrected chi connectivity index (χ3v) is 4.03. The monoisotopic (exact) mass is 336 g/mol. The Morgan fingerprint density at radius 2 is 1.91 bits per heavy atom. The number of carbonyl (C=O) groups is 2.